The molecule has 0 amide bonds. The molecule has 0 spiro atoms. The molecule has 0 radical (unpaired) electrons. The quantitative estimate of drug-likeness (QED) is 0.614. The van der Waals surface area contributed by atoms with E-state index < -0.39 is 5.69 Å². The largest absolute Gasteiger partial charge is 0.382 e. The molecule has 0 unspecified atom stereocenters. The Labute approximate surface area is 111 Å². The molecule has 0 bridgehead atoms. The predicted octanol–water partition coefficient (Wildman–Crippen LogP) is -0.475. The Morgan fingerprint density at radius 2 is 1.74 bits per heavy atom. The molecule has 1 heterocycles. The third-order valence-corrected chi connectivity index (χ3v) is 2.47. The fraction of sp³-hybridized carbons (Fsp3) is 0.667. The molecule has 1 N–H and O–H groups in total. The van der Waals surface area contributed by atoms with Crippen LogP contribution < -0.4 is 11.2 Å². The molecule has 1 rings (SSSR count). The molecule has 19 heavy (non-hydrogen) atoms. The summed E-state index contributed by atoms with van der Waals surface area (Å²) in [4.78, 5) is 24.9. The number of nitrogens with one attached hydrogen (secondary N) is 1. The summed E-state index contributed by atoms with van der Waals surface area (Å²) >= 11 is 0. The highest BCUT2D eigenvalue weighted by molar-refractivity contribution is 5.00. The molecule has 0 saturated carbocycles. The SMILES string of the molecule is COCCOCCOCCn1cc(C)c(=O)[nH]c1=O. The summed E-state index contributed by atoms with van der Waals surface area (Å²) in [6, 6.07) is 0. The molecule has 0 fully saturated rings. The van der Waals surface area contributed by atoms with Gasteiger partial charge in [-0.3, -0.25) is 14.3 Å². The minimum absolute atomic E-state index is 0.353. The summed E-state index contributed by atoms with van der Waals surface area (Å²) < 4.78 is 16.8. The van der Waals surface area contributed by atoms with Crippen LogP contribution in [-0.4, -0.2) is 49.7 Å². The van der Waals surface area contributed by atoms with Gasteiger partial charge in [-0.25, -0.2) is 4.79 Å². The van der Waals surface area contributed by atoms with Gasteiger partial charge in [0.2, 0.25) is 0 Å². The van der Waals surface area contributed by atoms with Gasteiger partial charge in [-0.2, -0.15) is 0 Å². The van der Waals surface area contributed by atoms with E-state index in [2.05, 4.69) is 4.98 Å². The number of aromatic nitrogens is 2. The Kier molecular flexibility index (Phi) is 7.09. The molecule has 0 aliphatic rings. The first-order chi connectivity index (χ1) is 9.15. The number of nitrogens with zero attached hydrogens (tertiary/aromatic N) is 1. The maximum Gasteiger partial charge on any atom is 0.328 e. The first-order valence-electron chi connectivity index (χ1n) is 6.10. The van der Waals surface area contributed by atoms with E-state index in [1.54, 1.807) is 14.0 Å². The highest BCUT2D eigenvalue weighted by Gasteiger charge is 2.00. The smallest absolute Gasteiger partial charge is 0.328 e. The van der Waals surface area contributed by atoms with E-state index in [9.17, 15) is 9.59 Å². The van der Waals surface area contributed by atoms with Gasteiger partial charge in [0.05, 0.1) is 39.6 Å². The summed E-state index contributed by atoms with van der Waals surface area (Å²) in [7, 11) is 1.61. The van der Waals surface area contributed by atoms with Gasteiger partial charge in [0.15, 0.2) is 0 Å². The molecule has 0 saturated heterocycles. The number of hydrogen-bond donors (Lipinski definition) is 1. The van der Waals surface area contributed by atoms with Crippen LogP contribution in [0.15, 0.2) is 15.8 Å². The maximum atomic E-state index is 11.4. The third kappa shape index (κ3) is 5.82. The second kappa shape index (κ2) is 8.63. The Bertz CT molecular complexity index is 480. The van der Waals surface area contributed by atoms with Crippen molar-refractivity contribution in [1.82, 2.24) is 9.55 Å². The predicted molar refractivity (Wildman–Crippen MR) is 69.6 cm³/mol. The van der Waals surface area contributed by atoms with Crippen molar-refractivity contribution in [3.05, 3.63) is 32.6 Å². The fourth-order valence-corrected chi connectivity index (χ4v) is 1.41. The lowest BCUT2D eigenvalue weighted by Crippen LogP contribution is -2.31. The van der Waals surface area contributed by atoms with Crippen LogP contribution in [0.5, 0.6) is 0 Å². The zero-order valence-electron chi connectivity index (χ0n) is 11.3. The molecular weight excluding hydrogens is 252 g/mol. The second-order valence-electron chi connectivity index (χ2n) is 3.98. The second-order valence-corrected chi connectivity index (χ2v) is 3.98. The molecule has 1 aromatic rings. The van der Waals surface area contributed by atoms with E-state index in [4.69, 9.17) is 14.2 Å². The van der Waals surface area contributed by atoms with Gasteiger partial charge in [0.25, 0.3) is 5.56 Å². The average molecular weight is 272 g/mol. The monoisotopic (exact) mass is 272 g/mol. The van der Waals surface area contributed by atoms with E-state index >= 15 is 0 Å². The number of aryl methyl sites for hydroxylation is 1. The first-order valence-corrected chi connectivity index (χ1v) is 6.10. The highest BCUT2D eigenvalue weighted by atomic mass is 16.5. The third-order valence-electron chi connectivity index (χ3n) is 2.47. The van der Waals surface area contributed by atoms with Gasteiger partial charge in [0, 0.05) is 18.9 Å². The van der Waals surface area contributed by atoms with Crippen LogP contribution in [0, 0.1) is 6.92 Å². The summed E-state index contributed by atoms with van der Waals surface area (Å²) in [6.07, 6.45) is 1.53. The van der Waals surface area contributed by atoms with Gasteiger partial charge in [-0.05, 0) is 6.92 Å². The van der Waals surface area contributed by atoms with Crippen molar-refractivity contribution >= 4 is 0 Å². The lowest BCUT2D eigenvalue weighted by atomic mass is 10.4. The van der Waals surface area contributed by atoms with Crippen molar-refractivity contribution in [2.24, 2.45) is 0 Å². The topological polar surface area (TPSA) is 82.6 Å². The number of H-pyrrole nitrogens is 1. The molecule has 0 aromatic carbocycles. The average Bonchev–Trinajstić information content (AvgIpc) is 2.38. The number of aromatic amines is 1. The normalized spacial score (nSPS) is 10.8. The van der Waals surface area contributed by atoms with Crippen molar-refractivity contribution < 1.29 is 14.2 Å². The molecule has 0 aliphatic heterocycles. The summed E-state index contributed by atoms with van der Waals surface area (Å²) in [5.41, 5.74) is -0.272. The number of ether oxygens (including phenoxy) is 3. The summed E-state index contributed by atoms with van der Waals surface area (Å²) in [5, 5.41) is 0. The molecule has 0 aliphatic carbocycles. The highest BCUT2D eigenvalue weighted by Crippen LogP contribution is 1.86. The summed E-state index contributed by atoms with van der Waals surface area (Å²) in [6.45, 7) is 4.49. The van der Waals surface area contributed by atoms with Crippen molar-refractivity contribution in [1.29, 1.82) is 0 Å². The molecule has 0 atom stereocenters. The van der Waals surface area contributed by atoms with Crippen LogP contribution in [0.2, 0.25) is 0 Å². The van der Waals surface area contributed by atoms with Gasteiger partial charge >= 0.3 is 5.69 Å². The number of rotatable bonds is 9. The zero-order chi connectivity index (χ0) is 14.1. The number of methoxy groups -OCH3 is 1. The van der Waals surface area contributed by atoms with Crippen LogP contribution in [0.1, 0.15) is 5.56 Å². The van der Waals surface area contributed by atoms with Crippen LogP contribution >= 0.6 is 0 Å². The van der Waals surface area contributed by atoms with Crippen LogP contribution in [0.3, 0.4) is 0 Å². The van der Waals surface area contributed by atoms with Crippen molar-refractivity contribution in [2.75, 3.05) is 40.1 Å². The Balaban J connectivity index is 2.21. The van der Waals surface area contributed by atoms with Crippen LogP contribution in [0.25, 0.3) is 0 Å². The summed E-state index contributed by atoms with van der Waals surface area (Å²) in [5.74, 6) is 0. The van der Waals surface area contributed by atoms with Gasteiger partial charge in [-0.15, -0.1) is 0 Å². The van der Waals surface area contributed by atoms with Crippen LogP contribution in [0.4, 0.5) is 0 Å². The molecule has 7 heteroatoms. The van der Waals surface area contributed by atoms with Crippen molar-refractivity contribution in [3.63, 3.8) is 0 Å². The lowest BCUT2D eigenvalue weighted by molar-refractivity contribution is 0.0228. The maximum absolute atomic E-state index is 11.4. The van der Waals surface area contributed by atoms with E-state index in [0.29, 0.717) is 45.1 Å². The number of hydrogen-bond acceptors (Lipinski definition) is 5. The molecule has 1 aromatic heterocycles. The fourth-order valence-electron chi connectivity index (χ4n) is 1.41. The van der Waals surface area contributed by atoms with Crippen molar-refractivity contribution in [3.8, 4) is 0 Å². The Morgan fingerprint density at radius 3 is 2.42 bits per heavy atom. The lowest BCUT2D eigenvalue weighted by Gasteiger charge is -2.07. The van der Waals surface area contributed by atoms with Crippen LogP contribution in [-0.2, 0) is 20.8 Å². The first kappa shape index (κ1) is 15.6. The van der Waals surface area contributed by atoms with Gasteiger partial charge in [-0.1, -0.05) is 0 Å². The zero-order valence-corrected chi connectivity index (χ0v) is 11.3. The van der Waals surface area contributed by atoms with Crippen molar-refractivity contribution in [2.45, 2.75) is 13.5 Å². The Morgan fingerprint density at radius 1 is 1.11 bits per heavy atom. The molecule has 108 valence electrons. The van der Waals surface area contributed by atoms with E-state index in [0.717, 1.165) is 0 Å². The minimum Gasteiger partial charge on any atom is -0.382 e. The van der Waals surface area contributed by atoms with E-state index in [-0.39, 0.29) is 5.56 Å². The van der Waals surface area contributed by atoms with E-state index in [1.807, 2.05) is 0 Å². The molecule has 7 nitrogen and oxygen atoms in total. The standard InChI is InChI=1S/C12H20N2O5/c1-10-9-14(12(16)13-11(10)15)3-4-18-7-8-19-6-5-17-2/h9H,3-8H2,1-2H3,(H,13,15,16). The van der Waals surface area contributed by atoms with Gasteiger partial charge < -0.3 is 14.2 Å². The van der Waals surface area contributed by atoms with E-state index in [1.165, 1.54) is 10.8 Å². The Hall–Kier alpha value is -1.44. The van der Waals surface area contributed by atoms with Gasteiger partial charge in [0.1, 0.15) is 0 Å². The molecular formula is C12H20N2O5. The minimum atomic E-state index is -0.421.